The monoisotopic (exact) mass is 916 g/mol. The maximum absolute atomic E-state index is 7.50. The van der Waals surface area contributed by atoms with Crippen LogP contribution in [0.5, 0.6) is 0 Å². The van der Waals surface area contributed by atoms with Crippen molar-refractivity contribution in [1.82, 2.24) is 0 Å². The molecule has 3 aliphatic heterocycles. The van der Waals surface area contributed by atoms with E-state index >= 15 is 0 Å². The van der Waals surface area contributed by atoms with E-state index in [9.17, 15) is 0 Å². The molecule has 0 aliphatic carbocycles. The molecular formula is C46H93OOsP2-3. The smallest absolute Gasteiger partial charge is 0 e. The minimum absolute atomic E-state index is 0. The van der Waals surface area contributed by atoms with Gasteiger partial charge in [-0.05, 0) is 75.5 Å². The van der Waals surface area contributed by atoms with Crippen molar-refractivity contribution in [2.24, 2.45) is 0 Å². The molecule has 0 atom stereocenters. The number of hydrogen-bond donors (Lipinski definition) is 0. The molecule has 304 valence electrons. The van der Waals surface area contributed by atoms with E-state index in [1.807, 2.05) is 0 Å². The van der Waals surface area contributed by atoms with Gasteiger partial charge in [-0.2, -0.15) is 0 Å². The Balaban J connectivity index is -0.00000173. The Morgan fingerprint density at radius 2 is 0.280 bits per heavy atom. The van der Waals surface area contributed by atoms with Crippen LogP contribution in [0.1, 0.15) is 231 Å². The predicted octanol–water partition coefficient (Wildman–Crippen LogP) is 17.3. The van der Waals surface area contributed by atoms with Crippen molar-refractivity contribution in [1.29, 1.82) is 0 Å². The van der Waals surface area contributed by atoms with Gasteiger partial charge in [0.25, 0.3) is 0 Å². The van der Waals surface area contributed by atoms with E-state index in [4.69, 9.17) is 4.65 Å². The standard InChI is InChI=1S/C42H84P2.CO.3CH3.Os/c1-2-8-14-20-26-32-38-44-41-35-29-23-17-11-5-3-9-15-21-27-33-39-43(37-31-25-19-13-7-1)40-34-28-22-16-10-4-6-12-18-24-30-36-42-44;1-2;;;;/h1-42H2;;3*1H3;/q;;3*-1;. The van der Waals surface area contributed by atoms with E-state index < -0.39 is 0 Å². The van der Waals surface area contributed by atoms with Gasteiger partial charge in [-0.25, -0.2) is 0 Å². The molecule has 0 unspecified atom stereocenters. The second kappa shape index (κ2) is 50.2. The van der Waals surface area contributed by atoms with E-state index in [1.165, 1.54) is 193 Å². The van der Waals surface area contributed by atoms with Crippen molar-refractivity contribution in [3.63, 3.8) is 0 Å². The molecule has 3 heterocycles. The van der Waals surface area contributed by atoms with Crippen LogP contribution in [-0.2, 0) is 24.4 Å². The van der Waals surface area contributed by atoms with E-state index in [1.54, 1.807) is 75.5 Å². The first-order valence-corrected chi connectivity index (χ1v) is 25.4. The van der Waals surface area contributed by atoms with Gasteiger partial charge in [0.15, 0.2) is 0 Å². The molecule has 0 aromatic carbocycles. The second-order valence-electron chi connectivity index (χ2n) is 15.4. The van der Waals surface area contributed by atoms with Gasteiger partial charge >= 0.3 is 11.3 Å². The number of rotatable bonds is 0. The van der Waals surface area contributed by atoms with Crippen LogP contribution in [0.4, 0.5) is 0 Å². The summed E-state index contributed by atoms with van der Waals surface area (Å²) in [5.74, 6) is 0. The minimum Gasteiger partial charge on any atom is -0.358 e. The molecule has 0 aromatic rings. The Morgan fingerprint density at radius 1 is 0.200 bits per heavy atom. The van der Waals surface area contributed by atoms with Crippen LogP contribution in [0.2, 0.25) is 0 Å². The van der Waals surface area contributed by atoms with Crippen LogP contribution < -0.4 is 0 Å². The van der Waals surface area contributed by atoms with Gasteiger partial charge in [-0.1, -0.05) is 193 Å². The van der Waals surface area contributed by atoms with Crippen LogP contribution in [0.3, 0.4) is 0 Å². The van der Waals surface area contributed by atoms with Crippen molar-refractivity contribution in [3.05, 3.63) is 28.9 Å². The zero-order valence-electron chi connectivity index (χ0n) is 34.9. The van der Waals surface area contributed by atoms with Gasteiger partial charge < -0.3 is 22.3 Å². The van der Waals surface area contributed by atoms with Crippen molar-refractivity contribution < 1.29 is 24.4 Å². The fourth-order valence-electron chi connectivity index (χ4n) is 7.99. The summed E-state index contributed by atoms with van der Waals surface area (Å²) in [6, 6.07) is 0. The minimum atomic E-state index is 0. The molecule has 0 saturated carbocycles. The summed E-state index contributed by atoms with van der Waals surface area (Å²) in [5, 5.41) is 0. The number of hydrogen-bond acceptors (Lipinski definition) is 0. The summed E-state index contributed by atoms with van der Waals surface area (Å²) in [5.41, 5.74) is 0. The largest absolute Gasteiger partial charge is 0.358 e. The van der Waals surface area contributed by atoms with Crippen molar-refractivity contribution in [3.8, 4) is 0 Å². The molecule has 0 amide bonds. The van der Waals surface area contributed by atoms with Crippen molar-refractivity contribution in [2.75, 3.05) is 37.0 Å². The third-order valence-corrected chi connectivity index (χ3v) is 16.8. The van der Waals surface area contributed by atoms with Gasteiger partial charge in [0.2, 0.25) is 0 Å². The molecule has 0 radical (unpaired) electrons. The zero-order valence-corrected chi connectivity index (χ0v) is 39.2. The molecule has 3 fully saturated rings. The molecule has 3 rings (SSSR count). The van der Waals surface area contributed by atoms with Crippen molar-refractivity contribution in [2.45, 2.75) is 231 Å². The predicted molar refractivity (Wildman–Crippen MR) is 232 cm³/mol. The molecule has 0 aromatic heterocycles. The molecule has 50 heavy (non-hydrogen) atoms. The molecule has 3 aliphatic rings. The molecule has 0 N–H and O–H groups in total. The Bertz CT molecular complexity index is 476. The van der Waals surface area contributed by atoms with Crippen molar-refractivity contribution >= 4 is 15.8 Å². The average molecular weight is 914 g/mol. The maximum atomic E-state index is 7.50. The Morgan fingerprint density at radius 3 is 0.380 bits per heavy atom. The quantitative estimate of drug-likeness (QED) is 0.131. The Hall–Kier alpha value is 1.24. The summed E-state index contributed by atoms with van der Waals surface area (Å²) in [4.78, 5) is 0. The fourth-order valence-corrected chi connectivity index (χ4v) is 13.4. The molecule has 2 bridgehead atoms. The normalized spacial score (nSPS) is 24.5. The summed E-state index contributed by atoms with van der Waals surface area (Å²) in [6.07, 6.45) is 64.5. The molecule has 4 heteroatoms. The summed E-state index contributed by atoms with van der Waals surface area (Å²) < 4.78 is 7.50. The van der Waals surface area contributed by atoms with Crippen LogP contribution >= 0.6 is 15.8 Å². The first kappa shape index (κ1) is 58.0. The van der Waals surface area contributed by atoms with E-state index in [0.717, 1.165) is 0 Å². The van der Waals surface area contributed by atoms with Gasteiger partial charge in [0, 0.05) is 19.8 Å². The van der Waals surface area contributed by atoms with Gasteiger partial charge in [0.05, 0.1) is 0 Å². The summed E-state index contributed by atoms with van der Waals surface area (Å²) >= 11 is 0. The van der Waals surface area contributed by atoms with E-state index in [-0.39, 0.29) is 42.1 Å². The Labute approximate surface area is 335 Å². The van der Waals surface area contributed by atoms with E-state index in [0.29, 0.717) is 15.8 Å². The summed E-state index contributed by atoms with van der Waals surface area (Å²) in [6.45, 7) is 4.50. The fraction of sp³-hybridized carbons (Fsp3) is 0.913. The van der Waals surface area contributed by atoms with Gasteiger partial charge in [-0.3, -0.25) is 0 Å². The topological polar surface area (TPSA) is 19.9 Å². The number of fused-ring (bicyclic) bond motifs is 39. The zero-order chi connectivity index (χ0) is 32.9. The molecular weight excluding hydrogens is 821 g/mol. The van der Waals surface area contributed by atoms with Crippen LogP contribution in [-0.4, -0.2) is 37.0 Å². The second-order valence-corrected chi connectivity index (χ2v) is 20.8. The third kappa shape index (κ3) is 42.0. The first-order valence-electron chi connectivity index (χ1n) is 21.6. The SMILES string of the molecule is C1CCCCCCCP2CCCCCCCCCCCCCCP(CCCCCC1)CCCCCCCCCCCCCC2.[C-]#[O+].[CH3-].[CH3-].[CH3-].[Os]. The molecule has 1 nitrogen and oxygen atoms in total. The Kier molecular flexibility index (Phi) is 58.2. The average Bonchev–Trinajstić information content (AvgIpc) is 3.07. The third-order valence-electron chi connectivity index (χ3n) is 11.1. The van der Waals surface area contributed by atoms with Gasteiger partial charge in [-0.15, -0.1) is 15.8 Å². The summed E-state index contributed by atoms with van der Waals surface area (Å²) in [7, 11) is 0.665. The van der Waals surface area contributed by atoms with Crippen LogP contribution in [0, 0.1) is 28.9 Å². The molecule has 0 spiro atoms. The molecule has 3 saturated heterocycles. The van der Waals surface area contributed by atoms with Crippen LogP contribution in [0.15, 0.2) is 0 Å². The van der Waals surface area contributed by atoms with Crippen LogP contribution in [0.25, 0.3) is 0 Å². The van der Waals surface area contributed by atoms with Gasteiger partial charge in [0.1, 0.15) is 0 Å². The van der Waals surface area contributed by atoms with E-state index in [2.05, 4.69) is 6.65 Å². The maximum Gasteiger partial charge on any atom is 0 e. The first-order chi connectivity index (χ1) is 22.9.